The third-order valence-corrected chi connectivity index (χ3v) is 4.98. The van der Waals surface area contributed by atoms with Gasteiger partial charge in [0.05, 0.1) is 25.1 Å². The highest BCUT2D eigenvalue weighted by atomic mass is 16.5. The molecule has 1 aliphatic rings. The molecule has 0 aliphatic carbocycles. The molecule has 1 aromatic heterocycles. The van der Waals surface area contributed by atoms with Crippen molar-refractivity contribution in [2.24, 2.45) is 10.7 Å². The quantitative estimate of drug-likeness (QED) is 0.671. The van der Waals surface area contributed by atoms with Crippen LogP contribution in [0, 0.1) is 0 Å². The number of hydrogen-bond donors (Lipinski definition) is 1. The lowest BCUT2D eigenvalue weighted by atomic mass is 9.96. The summed E-state index contributed by atoms with van der Waals surface area (Å²) in [5.41, 5.74) is 9.66. The Kier molecular flexibility index (Phi) is 5.38. The molecule has 0 amide bonds. The molecule has 0 bridgehead atoms. The largest absolute Gasteiger partial charge is 0.497 e. The van der Waals surface area contributed by atoms with E-state index in [1.54, 1.807) is 13.4 Å². The highest BCUT2D eigenvalue weighted by Gasteiger charge is 2.33. The second-order valence-electron chi connectivity index (χ2n) is 7.03. The third kappa shape index (κ3) is 3.64. The summed E-state index contributed by atoms with van der Waals surface area (Å²) < 4.78 is 17.8. The Morgan fingerprint density at radius 3 is 2.48 bits per heavy atom. The molecule has 3 aromatic rings. The Morgan fingerprint density at radius 2 is 1.83 bits per heavy atom. The first-order valence-corrected chi connectivity index (χ1v) is 9.60. The lowest BCUT2D eigenvalue weighted by Crippen LogP contribution is -2.26. The summed E-state index contributed by atoms with van der Waals surface area (Å²) in [5.74, 6) is 2.30. The van der Waals surface area contributed by atoms with E-state index in [1.807, 2.05) is 73.5 Å². The first kappa shape index (κ1) is 19.2. The molecule has 150 valence electrons. The highest BCUT2D eigenvalue weighted by Crippen LogP contribution is 2.48. The molecule has 2 atom stereocenters. The third-order valence-electron chi connectivity index (χ3n) is 4.98. The summed E-state index contributed by atoms with van der Waals surface area (Å²) >= 11 is 0. The zero-order valence-corrected chi connectivity index (χ0v) is 16.8. The second kappa shape index (κ2) is 8.11. The number of furan rings is 1. The van der Waals surface area contributed by atoms with Crippen LogP contribution in [0.2, 0.25) is 0 Å². The van der Waals surface area contributed by atoms with Gasteiger partial charge in [-0.15, -0.1) is 0 Å². The van der Waals surface area contributed by atoms with E-state index in [1.165, 1.54) is 0 Å². The summed E-state index contributed by atoms with van der Waals surface area (Å²) in [7, 11) is 3.58. The molecule has 6 nitrogen and oxygen atoms in total. The first-order valence-electron chi connectivity index (χ1n) is 9.60. The number of aliphatic imine (C=N–C) groups is 1. The van der Waals surface area contributed by atoms with Crippen LogP contribution >= 0.6 is 0 Å². The van der Waals surface area contributed by atoms with Gasteiger partial charge in [0.2, 0.25) is 5.88 Å². The van der Waals surface area contributed by atoms with Crippen molar-refractivity contribution >= 4 is 12.2 Å². The van der Waals surface area contributed by atoms with Gasteiger partial charge in [-0.3, -0.25) is 0 Å². The molecule has 29 heavy (non-hydrogen) atoms. The van der Waals surface area contributed by atoms with Crippen molar-refractivity contribution in [3.63, 3.8) is 0 Å². The average molecular weight is 391 g/mol. The topological polar surface area (TPSA) is 73.2 Å². The zero-order chi connectivity index (χ0) is 20.4. The van der Waals surface area contributed by atoms with Gasteiger partial charge in [-0.1, -0.05) is 42.5 Å². The van der Waals surface area contributed by atoms with Crippen LogP contribution in [-0.2, 0) is 4.74 Å². The van der Waals surface area contributed by atoms with Gasteiger partial charge in [0.1, 0.15) is 11.5 Å². The molecule has 0 saturated heterocycles. The molecule has 0 radical (unpaired) electrons. The van der Waals surface area contributed by atoms with Gasteiger partial charge in [0, 0.05) is 24.7 Å². The van der Waals surface area contributed by atoms with Crippen molar-refractivity contribution in [2.75, 3.05) is 25.6 Å². The van der Waals surface area contributed by atoms with E-state index >= 15 is 0 Å². The van der Waals surface area contributed by atoms with Crippen molar-refractivity contribution in [2.45, 2.75) is 19.3 Å². The Morgan fingerprint density at radius 1 is 1.10 bits per heavy atom. The van der Waals surface area contributed by atoms with E-state index in [0.29, 0.717) is 6.54 Å². The van der Waals surface area contributed by atoms with E-state index in [0.717, 1.165) is 39.6 Å². The number of rotatable bonds is 6. The number of nitrogens with zero attached hydrogens (tertiary/aromatic N) is 2. The van der Waals surface area contributed by atoms with Crippen molar-refractivity contribution in [3.05, 3.63) is 60.2 Å². The Balaban J connectivity index is 1.92. The minimum absolute atomic E-state index is 0.132. The predicted molar refractivity (Wildman–Crippen MR) is 115 cm³/mol. The number of ether oxygens (including phenoxy) is 2. The van der Waals surface area contributed by atoms with E-state index in [9.17, 15) is 0 Å². The van der Waals surface area contributed by atoms with Crippen molar-refractivity contribution in [3.8, 4) is 28.2 Å². The van der Waals surface area contributed by atoms with E-state index in [4.69, 9.17) is 19.6 Å². The van der Waals surface area contributed by atoms with E-state index in [2.05, 4.69) is 4.99 Å². The normalized spacial score (nSPS) is 16.6. The Labute approximate surface area is 170 Å². The summed E-state index contributed by atoms with van der Waals surface area (Å²) in [6, 6.07) is 18.0. The highest BCUT2D eigenvalue weighted by molar-refractivity contribution is 5.91. The van der Waals surface area contributed by atoms with Gasteiger partial charge in [-0.05, 0) is 24.6 Å². The van der Waals surface area contributed by atoms with Crippen LogP contribution in [0.15, 0.2) is 64.0 Å². The summed E-state index contributed by atoms with van der Waals surface area (Å²) in [4.78, 5) is 6.48. The number of nitrogens with two attached hydrogens (primary N) is 1. The fourth-order valence-corrected chi connectivity index (χ4v) is 3.43. The van der Waals surface area contributed by atoms with Crippen LogP contribution in [0.3, 0.4) is 0 Å². The fourth-order valence-electron chi connectivity index (χ4n) is 3.43. The molecule has 4 rings (SSSR count). The number of benzene rings is 2. The first-order chi connectivity index (χ1) is 14.1. The molecule has 0 spiro atoms. The van der Waals surface area contributed by atoms with Crippen LogP contribution in [0.25, 0.3) is 22.5 Å². The maximum absolute atomic E-state index is 6.38. The molecule has 2 unspecified atom stereocenters. The molecule has 2 N–H and O–H groups in total. The van der Waals surface area contributed by atoms with Gasteiger partial charge in [0.25, 0.3) is 0 Å². The van der Waals surface area contributed by atoms with Gasteiger partial charge in [-0.25, -0.2) is 4.99 Å². The van der Waals surface area contributed by atoms with Gasteiger partial charge < -0.3 is 24.5 Å². The maximum Gasteiger partial charge on any atom is 0.209 e. The zero-order valence-electron chi connectivity index (χ0n) is 16.8. The van der Waals surface area contributed by atoms with Crippen molar-refractivity contribution in [1.82, 2.24) is 0 Å². The standard InChI is InChI=1S/C23H25N3O3/c1-15(13-24)28-22-20-19(16-9-11-18(27-3)12-10-16)21(17-7-5-4-6-8-17)29-23(20)26(2)14-25-22/h4-12,14-15,22H,13,24H2,1-3H3. The maximum atomic E-state index is 6.38. The number of fused-ring (bicyclic) bond motifs is 1. The molecule has 2 heterocycles. The SMILES string of the molecule is COc1ccc(-c2c(-c3ccccc3)oc3c2C(OC(C)CN)N=CN3C)cc1. The van der Waals surface area contributed by atoms with E-state index in [-0.39, 0.29) is 6.10 Å². The molecule has 6 heteroatoms. The van der Waals surface area contributed by atoms with Gasteiger partial charge in [0.15, 0.2) is 6.23 Å². The number of anilines is 1. The monoisotopic (exact) mass is 391 g/mol. The molecular formula is C23H25N3O3. The van der Waals surface area contributed by atoms with Crippen LogP contribution in [0.4, 0.5) is 5.88 Å². The van der Waals surface area contributed by atoms with Crippen LogP contribution in [0.1, 0.15) is 18.7 Å². The lowest BCUT2D eigenvalue weighted by molar-refractivity contribution is 0.00657. The molecule has 1 aliphatic heterocycles. The predicted octanol–water partition coefficient (Wildman–Crippen LogP) is 4.46. The van der Waals surface area contributed by atoms with Crippen LogP contribution < -0.4 is 15.4 Å². The second-order valence-corrected chi connectivity index (χ2v) is 7.03. The van der Waals surface area contributed by atoms with Crippen LogP contribution in [0.5, 0.6) is 5.75 Å². The lowest BCUT2D eigenvalue weighted by Gasteiger charge is -2.25. The van der Waals surface area contributed by atoms with Gasteiger partial charge in [-0.2, -0.15) is 0 Å². The Hall–Kier alpha value is -3.09. The smallest absolute Gasteiger partial charge is 0.209 e. The molecule has 0 saturated carbocycles. The fraction of sp³-hybridized carbons (Fsp3) is 0.261. The van der Waals surface area contributed by atoms with E-state index < -0.39 is 6.23 Å². The summed E-state index contributed by atoms with van der Waals surface area (Å²) in [6.07, 6.45) is 1.11. The molecule has 0 fully saturated rings. The molecular weight excluding hydrogens is 366 g/mol. The minimum atomic E-state index is -0.488. The van der Waals surface area contributed by atoms with Crippen LogP contribution in [-0.4, -0.2) is 33.1 Å². The summed E-state index contributed by atoms with van der Waals surface area (Å²) in [6.45, 7) is 2.36. The number of methoxy groups -OCH3 is 1. The Bertz CT molecular complexity index is 996. The summed E-state index contributed by atoms with van der Waals surface area (Å²) in [5, 5.41) is 0. The average Bonchev–Trinajstić information content (AvgIpc) is 3.18. The van der Waals surface area contributed by atoms with Crippen molar-refractivity contribution < 1.29 is 13.9 Å². The minimum Gasteiger partial charge on any atom is -0.497 e. The molecule has 2 aromatic carbocycles. The number of hydrogen-bond acceptors (Lipinski definition) is 6. The van der Waals surface area contributed by atoms with Gasteiger partial charge >= 0.3 is 0 Å². The van der Waals surface area contributed by atoms with Crippen molar-refractivity contribution in [1.29, 1.82) is 0 Å².